The Morgan fingerprint density at radius 2 is 2.06 bits per heavy atom. The van der Waals surface area contributed by atoms with Crippen molar-refractivity contribution in [2.75, 3.05) is 0 Å². The normalized spacial score (nSPS) is 12.4. The zero-order chi connectivity index (χ0) is 12.7. The van der Waals surface area contributed by atoms with Crippen LogP contribution in [0.5, 0.6) is 0 Å². The van der Waals surface area contributed by atoms with Gasteiger partial charge in [-0.3, -0.25) is 4.79 Å². The maximum Gasteiger partial charge on any atom is 0.320 e. The van der Waals surface area contributed by atoms with Crippen molar-refractivity contribution in [3.8, 4) is 0 Å². The highest BCUT2D eigenvalue weighted by Gasteiger charge is 2.15. The monoisotopic (exact) mass is 299 g/mol. The molecule has 94 valence electrons. The molecule has 0 aliphatic rings. The third kappa shape index (κ3) is 5.33. The maximum atomic E-state index is 11.0. The van der Waals surface area contributed by atoms with Crippen LogP contribution in [0, 0.1) is 0 Å². The lowest BCUT2D eigenvalue weighted by Crippen LogP contribution is -2.36. The molecule has 0 aliphatic heterocycles. The molecule has 0 spiro atoms. The lowest BCUT2D eigenvalue weighted by Gasteiger charge is -2.14. The van der Waals surface area contributed by atoms with E-state index in [2.05, 4.69) is 28.2 Å². The number of aliphatic carboxylic acids is 1. The van der Waals surface area contributed by atoms with Gasteiger partial charge in [-0.15, -0.1) is 0 Å². The summed E-state index contributed by atoms with van der Waals surface area (Å²) < 4.78 is 1.03. The summed E-state index contributed by atoms with van der Waals surface area (Å²) in [6, 6.07) is 7.43. The minimum absolute atomic E-state index is 0.446. The second kappa shape index (κ2) is 7.45. The van der Waals surface area contributed by atoms with Crippen LogP contribution in [0.15, 0.2) is 28.7 Å². The highest BCUT2D eigenvalue weighted by molar-refractivity contribution is 9.10. The molecule has 0 bridgehead atoms. The van der Waals surface area contributed by atoms with Gasteiger partial charge in [-0.25, -0.2) is 0 Å². The minimum Gasteiger partial charge on any atom is -0.480 e. The van der Waals surface area contributed by atoms with Crippen LogP contribution in [0.2, 0.25) is 0 Å². The van der Waals surface area contributed by atoms with Crippen molar-refractivity contribution < 1.29 is 9.90 Å². The van der Waals surface area contributed by atoms with E-state index in [0.29, 0.717) is 13.0 Å². The number of halogens is 1. The highest BCUT2D eigenvalue weighted by atomic mass is 79.9. The Kier molecular flexibility index (Phi) is 6.22. The topological polar surface area (TPSA) is 49.3 Å². The SMILES string of the molecule is CCCCC(NCc1ccc(Br)cc1)C(=O)O. The third-order valence-corrected chi connectivity index (χ3v) is 3.14. The second-order valence-electron chi connectivity index (χ2n) is 4.04. The molecule has 0 aliphatic carbocycles. The Bertz CT molecular complexity index is 351. The van der Waals surface area contributed by atoms with Crippen molar-refractivity contribution in [2.24, 2.45) is 0 Å². The Hall–Kier alpha value is -0.870. The molecule has 1 aromatic rings. The molecule has 1 rings (SSSR count). The fourth-order valence-electron chi connectivity index (χ4n) is 1.56. The van der Waals surface area contributed by atoms with Gasteiger partial charge in [0.25, 0.3) is 0 Å². The van der Waals surface area contributed by atoms with Gasteiger partial charge in [-0.05, 0) is 24.1 Å². The predicted octanol–water partition coefficient (Wildman–Crippen LogP) is 3.18. The number of rotatable bonds is 7. The first-order valence-electron chi connectivity index (χ1n) is 5.84. The zero-order valence-electron chi connectivity index (χ0n) is 9.95. The van der Waals surface area contributed by atoms with Crippen LogP contribution in [0.25, 0.3) is 0 Å². The van der Waals surface area contributed by atoms with E-state index >= 15 is 0 Å². The van der Waals surface area contributed by atoms with Crippen LogP contribution in [0.4, 0.5) is 0 Å². The van der Waals surface area contributed by atoms with Crippen molar-refractivity contribution >= 4 is 21.9 Å². The lowest BCUT2D eigenvalue weighted by atomic mass is 10.1. The van der Waals surface area contributed by atoms with E-state index in [1.807, 2.05) is 24.3 Å². The number of nitrogens with one attached hydrogen (secondary N) is 1. The van der Waals surface area contributed by atoms with Crippen molar-refractivity contribution in [1.29, 1.82) is 0 Å². The van der Waals surface area contributed by atoms with Crippen LogP contribution < -0.4 is 5.32 Å². The molecule has 1 aromatic carbocycles. The Balaban J connectivity index is 2.45. The van der Waals surface area contributed by atoms with Crippen LogP contribution in [-0.4, -0.2) is 17.1 Å². The standard InChI is InChI=1S/C13H18BrNO2/c1-2-3-4-12(13(16)17)15-9-10-5-7-11(14)8-6-10/h5-8,12,15H,2-4,9H2,1H3,(H,16,17). The molecular formula is C13H18BrNO2. The zero-order valence-corrected chi connectivity index (χ0v) is 11.5. The lowest BCUT2D eigenvalue weighted by molar-refractivity contribution is -0.139. The average Bonchev–Trinajstić information content (AvgIpc) is 2.31. The molecule has 0 saturated heterocycles. The van der Waals surface area contributed by atoms with Gasteiger partial charge in [0.15, 0.2) is 0 Å². The van der Waals surface area contributed by atoms with E-state index in [9.17, 15) is 4.79 Å². The summed E-state index contributed by atoms with van der Waals surface area (Å²) in [4.78, 5) is 11.0. The number of carboxylic acid groups (broad SMARTS) is 1. The number of carboxylic acids is 1. The van der Waals surface area contributed by atoms with Gasteiger partial charge in [-0.2, -0.15) is 0 Å². The van der Waals surface area contributed by atoms with Crippen LogP contribution in [-0.2, 0) is 11.3 Å². The first kappa shape index (κ1) is 14.2. The van der Waals surface area contributed by atoms with Crippen molar-refractivity contribution in [2.45, 2.75) is 38.8 Å². The Morgan fingerprint density at radius 1 is 1.41 bits per heavy atom. The van der Waals surface area contributed by atoms with E-state index in [0.717, 1.165) is 22.9 Å². The molecule has 1 atom stereocenters. The third-order valence-electron chi connectivity index (χ3n) is 2.61. The molecule has 0 aromatic heterocycles. The molecule has 0 saturated carbocycles. The number of carbonyl (C=O) groups is 1. The van der Waals surface area contributed by atoms with E-state index in [-0.39, 0.29) is 0 Å². The summed E-state index contributed by atoms with van der Waals surface area (Å²) >= 11 is 3.37. The highest BCUT2D eigenvalue weighted by Crippen LogP contribution is 2.11. The first-order chi connectivity index (χ1) is 8.13. The summed E-state index contributed by atoms with van der Waals surface area (Å²) in [5.74, 6) is -0.768. The van der Waals surface area contributed by atoms with Crippen molar-refractivity contribution in [3.63, 3.8) is 0 Å². The quantitative estimate of drug-likeness (QED) is 0.813. The van der Waals surface area contributed by atoms with Gasteiger partial charge in [0.05, 0.1) is 0 Å². The fraction of sp³-hybridized carbons (Fsp3) is 0.462. The second-order valence-corrected chi connectivity index (χ2v) is 4.96. The van der Waals surface area contributed by atoms with E-state index in [1.165, 1.54) is 0 Å². The number of hydrogen-bond donors (Lipinski definition) is 2. The number of unbranched alkanes of at least 4 members (excludes halogenated alkanes) is 1. The van der Waals surface area contributed by atoms with E-state index < -0.39 is 12.0 Å². The van der Waals surface area contributed by atoms with Gasteiger partial charge >= 0.3 is 5.97 Å². The molecule has 17 heavy (non-hydrogen) atoms. The number of benzene rings is 1. The van der Waals surface area contributed by atoms with Crippen LogP contribution in [0.1, 0.15) is 31.7 Å². The maximum absolute atomic E-state index is 11.0. The molecule has 4 heteroatoms. The Morgan fingerprint density at radius 3 is 2.59 bits per heavy atom. The van der Waals surface area contributed by atoms with Crippen molar-refractivity contribution in [3.05, 3.63) is 34.3 Å². The van der Waals surface area contributed by atoms with Gasteiger partial charge in [0, 0.05) is 11.0 Å². The van der Waals surface area contributed by atoms with Gasteiger partial charge < -0.3 is 10.4 Å². The number of hydrogen-bond acceptors (Lipinski definition) is 2. The molecule has 1 unspecified atom stereocenters. The largest absolute Gasteiger partial charge is 0.480 e. The van der Waals surface area contributed by atoms with Gasteiger partial charge in [-0.1, -0.05) is 47.8 Å². The molecule has 0 fully saturated rings. The average molecular weight is 300 g/mol. The summed E-state index contributed by atoms with van der Waals surface area (Å²) in [5, 5.41) is 12.1. The minimum atomic E-state index is -0.768. The van der Waals surface area contributed by atoms with Gasteiger partial charge in [0.1, 0.15) is 6.04 Å². The fourth-order valence-corrected chi connectivity index (χ4v) is 1.83. The summed E-state index contributed by atoms with van der Waals surface area (Å²) in [6.45, 7) is 2.65. The summed E-state index contributed by atoms with van der Waals surface area (Å²) in [7, 11) is 0. The van der Waals surface area contributed by atoms with Crippen LogP contribution >= 0.6 is 15.9 Å². The van der Waals surface area contributed by atoms with E-state index in [4.69, 9.17) is 5.11 Å². The molecule has 0 radical (unpaired) electrons. The predicted molar refractivity (Wildman–Crippen MR) is 71.9 cm³/mol. The summed E-state index contributed by atoms with van der Waals surface area (Å²) in [5.41, 5.74) is 1.09. The molecule has 3 nitrogen and oxygen atoms in total. The molecule has 0 amide bonds. The molecule has 2 N–H and O–H groups in total. The summed E-state index contributed by atoms with van der Waals surface area (Å²) in [6.07, 6.45) is 2.64. The van der Waals surface area contributed by atoms with E-state index in [1.54, 1.807) is 0 Å². The first-order valence-corrected chi connectivity index (χ1v) is 6.63. The van der Waals surface area contributed by atoms with Crippen molar-refractivity contribution in [1.82, 2.24) is 5.32 Å². The molecule has 0 heterocycles. The van der Waals surface area contributed by atoms with Gasteiger partial charge in [0.2, 0.25) is 0 Å². The van der Waals surface area contributed by atoms with Crippen LogP contribution in [0.3, 0.4) is 0 Å². The molecular weight excluding hydrogens is 282 g/mol. The Labute approximate surface area is 110 Å². The smallest absolute Gasteiger partial charge is 0.320 e.